The Morgan fingerprint density at radius 1 is 1.07 bits per heavy atom. The highest BCUT2D eigenvalue weighted by Gasteiger charge is 2.25. The molecule has 0 bridgehead atoms. The van der Waals surface area contributed by atoms with E-state index >= 15 is 0 Å². The molecule has 2 fully saturated rings. The van der Waals surface area contributed by atoms with Crippen molar-refractivity contribution >= 4 is 0 Å². The van der Waals surface area contributed by atoms with Crippen LogP contribution in [0.2, 0.25) is 0 Å². The molecule has 15 heavy (non-hydrogen) atoms. The molecular formula is C13H25NO. The van der Waals surface area contributed by atoms with Crippen LogP contribution in [0.1, 0.15) is 51.4 Å². The van der Waals surface area contributed by atoms with Crippen LogP contribution in [0, 0.1) is 5.92 Å². The molecule has 2 rings (SSSR count). The Kier molecular flexibility index (Phi) is 4.45. The van der Waals surface area contributed by atoms with Gasteiger partial charge >= 0.3 is 0 Å². The monoisotopic (exact) mass is 211 g/mol. The lowest BCUT2D eigenvalue weighted by Crippen LogP contribution is -2.40. The van der Waals surface area contributed by atoms with Gasteiger partial charge in [-0.15, -0.1) is 0 Å². The van der Waals surface area contributed by atoms with Crippen molar-refractivity contribution in [1.29, 1.82) is 0 Å². The van der Waals surface area contributed by atoms with Crippen LogP contribution in [0.3, 0.4) is 0 Å². The zero-order chi connectivity index (χ0) is 10.5. The van der Waals surface area contributed by atoms with Crippen molar-refractivity contribution in [3.8, 4) is 0 Å². The van der Waals surface area contributed by atoms with Gasteiger partial charge in [-0.05, 0) is 45.1 Å². The van der Waals surface area contributed by atoms with E-state index in [1.807, 2.05) is 0 Å². The second kappa shape index (κ2) is 5.86. The van der Waals surface area contributed by atoms with Crippen LogP contribution in [0.4, 0.5) is 0 Å². The Balaban J connectivity index is 1.69. The highest BCUT2D eigenvalue weighted by atomic mass is 16.5. The van der Waals surface area contributed by atoms with Gasteiger partial charge in [0.1, 0.15) is 0 Å². The van der Waals surface area contributed by atoms with Crippen molar-refractivity contribution in [1.82, 2.24) is 5.32 Å². The predicted octanol–water partition coefficient (Wildman–Crippen LogP) is 2.72. The molecule has 88 valence electrons. The molecule has 0 spiro atoms. The lowest BCUT2D eigenvalue weighted by Gasteiger charge is -2.33. The highest BCUT2D eigenvalue weighted by molar-refractivity contribution is 4.79. The number of likely N-dealkylation sites (N-methyl/N-ethyl adjacent to an activating group) is 1. The van der Waals surface area contributed by atoms with Gasteiger partial charge in [0.05, 0.1) is 12.7 Å². The first-order valence-electron chi connectivity index (χ1n) is 6.69. The summed E-state index contributed by atoms with van der Waals surface area (Å²) in [5.74, 6) is 0.865. The molecular weight excluding hydrogens is 186 g/mol. The number of rotatable bonds is 5. The molecule has 0 aliphatic heterocycles. The molecule has 2 nitrogen and oxygen atoms in total. The van der Waals surface area contributed by atoms with E-state index in [1.54, 1.807) is 0 Å². The Morgan fingerprint density at radius 3 is 2.33 bits per heavy atom. The van der Waals surface area contributed by atoms with Gasteiger partial charge in [-0.3, -0.25) is 0 Å². The zero-order valence-electron chi connectivity index (χ0n) is 10.0. The first-order valence-corrected chi connectivity index (χ1v) is 6.69. The lowest BCUT2D eigenvalue weighted by molar-refractivity contribution is -0.0173. The van der Waals surface area contributed by atoms with E-state index in [-0.39, 0.29) is 0 Å². The molecule has 0 amide bonds. The van der Waals surface area contributed by atoms with Crippen molar-refractivity contribution < 1.29 is 4.74 Å². The van der Waals surface area contributed by atoms with Crippen LogP contribution in [0.5, 0.6) is 0 Å². The van der Waals surface area contributed by atoms with E-state index in [1.165, 1.54) is 51.4 Å². The summed E-state index contributed by atoms with van der Waals surface area (Å²) in [5, 5.41) is 3.45. The fourth-order valence-electron chi connectivity index (χ4n) is 2.77. The van der Waals surface area contributed by atoms with E-state index in [0.29, 0.717) is 12.1 Å². The summed E-state index contributed by atoms with van der Waals surface area (Å²) in [6, 6.07) is 0.603. The summed E-state index contributed by atoms with van der Waals surface area (Å²) in [7, 11) is 2.09. The van der Waals surface area contributed by atoms with Gasteiger partial charge in [-0.25, -0.2) is 0 Å². The summed E-state index contributed by atoms with van der Waals surface area (Å²) in [5.41, 5.74) is 0. The largest absolute Gasteiger partial charge is 0.377 e. The molecule has 1 N–H and O–H groups in total. The van der Waals surface area contributed by atoms with E-state index in [4.69, 9.17) is 4.74 Å². The van der Waals surface area contributed by atoms with Gasteiger partial charge in [0.25, 0.3) is 0 Å². The SMILES string of the molecule is CNC(COC1CCC1)C1CCCCC1. The number of nitrogens with one attached hydrogen (secondary N) is 1. The first-order chi connectivity index (χ1) is 7.40. The Hall–Kier alpha value is -0.0800. The van der Waals surface area contributed by atoms with Crippen LogP contribution in [-0.4, -0.2) is 25.8 Å². The quantitative estimate of drug-likeness (QED) is 0.755. The maximum atomic E-state index is 5.92. The van der Waals surface area contributed by atoms with E-state index < -0.39 is 0 Å². The Morgan fingerprint density at radius 2 is 1.80 bits per heavy atom. The second-order valence-electron chi connectivity index (χ2n) is 5.18. The standard InChI is InChI=1S/C13H25NO/c1-14-13(10-15-12-8-5-9-12)11-6-3-2-4-7-11/h11-14H,2-10H2,1H3. The van der Waals surface area contributed by atoms with E-state index in [9.17, 15) is 0 Å². The van der Waals surface area contributed by atoms with Crippen LogP contribution in [0.15, 0.2) is 0 Å². The molecule has 0 saturated heterocycles. The van der Waals surface area contributed by atoms with Crippen molar-refractivity contribution in [3.63, 3.8) is 0 Å². The predicted molar refractivity (Wildman–Crippen MR) is 63.0 cm³/mol. The van der Waals surface area contributed by atoms with Crippen molar-refractivity contribution in [2.75, 3.05) is 13.7 Å². The van der Waals surface area contributed by atoms with Gasteiger partial charge in [0, 0.05) is 6.04 Å². The van der Waals surface area contributed by atoms with Crippen LogP contribution in [0.25, 0.3) is 0 Å². The number of hydrogen-bond acceptors (Lipinski definition) is 2. The van der Waals surface area contributed by atoms with Crippen LogP contribution < -0.4 is 5.32 Å². The molecule has 2 aliphatic carbocycles. The molecule has 0 radical (unpaired) electrons. The third-order valence-corrected chi connectivity index (χ3v) is 4.15. The van der Waals surface area contributed by atoms with Crippen molar-refractivity contribution in [2.45, 2.75) is 63.5 Å². The van der Waals surface area contributed by atoms with Gasteiger partial charge < -0.3 is 10.1 Å². The van der Waals surface area contributed by atoms with E-state index in [2.05, 4.69) is 12.4 Å². The topological polar surface area (TPSA) is 21.3 Å². The number of hydrogen-bond donors (Lipinski definition) is 1. The average molecular weight is 211 g/mol. The molecule has 2 heteroatoms. The first kappa shape index (κ1) is 11.4. The van der Waals surface area contributed by atoms with Gasteiger partial charge in [-0.1, -0.05) is 19.3 Å². The fourth-order valence-corrected chi connectivity index (χ4v) is 2.77. The van der Waals surface area contributed by atoms with Gasteiger partial charge in [0.15, 0.2) is 0 Å². The second-order valence-corrected chi connectivity index (χ2v) is 5.18. The Labute approximate surface area is 93.8 Å². The molecule has 2 aliphatic rings. The molecule has 2 saturated carbocycles. The molecule has 0 aromatic rings. The summed E-state index contributed by atoms with van der Waals surface area (Å²) < 4.78 is 5.92. The molecule has 1 atom stereocenters. The van der Waals surface area contributed by atoms with Crippen LogP contribution in [-0.2, 0) is 4.74 Å². The lowest BCUT2D eigenvalue weighted by atomic mass is 9.84. The van der Waals surface area contributed by atoms with E-state index in [0.717, 1.165) is 12.5 Å². The normalized spacial score (nSPS) is 26.2. The number of ether oxygens (including phenoxy) is 1. The third-order valence-electron chi connectivity index (χ3n) is 4.15. The maximum absolute atomic E-state index is 5.92. The molecule has 0 heterocycles. The third kappa shape index (κ3) is 3.18. The minimum absolute atomic E-state index is 0.587. The van der Waals surface area contributed by atoms with Gasteiger partial charge in [-0.2, -0.15) is 0 Å². The van der Waals surface area contributed by atoms with Crippen molar-refractivity contribution in [3.05, 3.63) is 0 Å². The molecule has 0 aromatic heterocycles. The molecule has 1 unspecified atom stereocenters. The fraction of sp³-hybridized carbons (Fsp3) is 1.00. The summed E-state index contributed by atoms with van der Waals surface area (Å²) in [4.78, 5) is 0. The highest BCUT2D eigenvalue weighted by Crippen LogP contribution is 2.28. The average Bonchev–Trinajstić information content (AvgIpc) is 2.23. The van der Waals surface area contributed by atoms with Gasteiger partial charge in [0.2, 0.25) is 0 Å². The Bertz CT molecular complexity index is 173. The van der Waals surface area contributed by atoms with Crippen LogP contribution >= 0.6 is 0 Å². The van der Waals surface area contributed by atoms with Crippen molar-refractivity contribution in [2.24, 2.45) is 5.92 Å². The summed E-state index contributed by atoms with van der Waals surface area (Å²) in [6.45, 7) is 0.936. The summed E-state index contributed by atoms with van der Waals surface area (Å²) >= 11 is 0. The summed E-state index contributed by atoms with van der Waals surface area (Å²) in [6.07, 6.45) is 11.6. The smallest absolute Gasteiger partial charge is 0.0625 e. The minimum atomic E-state index is 0.587. The zero-order valence-corrected chi connectivity index (χ0v) is 10.0. The molecule has 0 aromatic carbocycles. The minimum Gasteiger partial charge on any atom is -0.377 e. The maximum Gasteiger partial charge on any atom is 0.0625 e.